The summed E-state index contributed by atoms with van der Waals surface area (Å²) in [6.45, 7) is 6.40. The lowest BCUT2D eigenvalue weighted by Gasteiger charge is -2.17. The van der Waals surface area contributed by atoms with Crippen LogP contribution in [0.5, 0.6) is 0 Å². The summed E-state index contributed by atoms with van der Waals surface area (Å²) in [5, 5.41) is 3.45. The van der Waals surface area contributed by atoms with Gasteiger partial charge in [-0.05, 0) is 30.5 Å². The smallest absolute Gasteiger partial charge is 0.225 e. The quantitative estimate of drug-likeness (QED) is 0.539. The molecule has 0 aliphatic heterocycles. The van der Waals surface area contributed by atoms with Crippen molar-refractivity contribution in [1.82, 2.24) is 19.5 Å². The first-order chi connectivity index (χ1) is 13.1. The number of fused-ring (bicyclic) bond motifs is 1. The van der Waals surface area contributed by atoms with Crippen molar-refractivity contribution in [3.8, 4) is 5.82 Å². The Morgan fingerprint density at radius 1 is 0.889 bits per heavy atom. The van der Waals surface area contributed by atoms with E-state index in [-0.39, 0.29) is 6.04 Å². The number of para-hydroxylation sites is 2. The third-order valence-electron chi connectivity index (χ3n) is 4.67. The van der Waals surface area contributed by atoms with Gasteiger partial charge in [-0.25, -0.2) is 9.97 Å². The number of nitrogens with one attached hydrogen (secondary N) is 1. The molecule has 4 aromatic rings. The third-order valence-corrected chi connectivity index (χ3v) is 4.67. The Balaban J connectivity index is 1.75. The van der Waals surface area contributed by atoms with Crippen LogP contribution in [-0.4, -0.2) is 19.5 Å². The van der Waals surface area contributed by atoms with Crippen molar-refractivity contribution in [3.63, 3.8) is 0 Å². The molecule has 0 saturated heterocycles. The number of rotatable bonds is 5. The van der Waals surface area contributed by atoms with Crippen molar-refractivity contribution in [2.24, 2.45) is 0 Å². The second-order valence-electron chi connectivity index (χ2n) is 7.01. The molecule has 1 unspecified atom stereocenters. The number of anilines is 1. The van der Waals surface area contributed by atoms with Crippen molar-refractivity contribution in [3.05, 3.63) is 78.2 Å². The maximum Gasteiger partial charge on any atom is 0.225 e. The number of nitrogens with zero attached hydrogens (tertiary/aromatic N) is 4. The maximum absolute atomic E-state index is 4.77. The van der Waals surface area contributed by atoms with Gasteiger partial charge in [-0.1, -0.05) is 56.3 Å². The summed E-state index contributed by atoms with van der Waals surface area (Å²) in [7, 11) is 0. The first-order valence-electron chi connectivity index (χ1n) is 9.25. The lowest BCUT2D eigenvalue weighted by molar-refractivity contribution is 0.791. The normalized spacial score (nSPS) is 12.4. The molecule has 27 heavy (non-hydrogen) atoms. The zero-order chi connectivity index (χ0) is 18.8. The number of benzene rings is 2. The molecule has 4 rings (SSSR count). The molecular formula is C22H23N5. The Labute approximate surface area is 159 Å². The summed E-state index contributed by atoms with van der Waals surface area (Å²) in [6, 6.07) is 20.5. The highest BCUT2D eigenvalue weighted by Gasteiger charge is 2.13. The van der Waals surface area contributed by atoms with Crippen LogP contribution in [0.3, 0.4) is 0 Å². The number of hydrogen-bond donors (Lipinski definition) is 1. The van der Waals surface area contributed by atoms with Crippen molar-refractivity contribution in [2.45, 2.75) is 32.7 Å². The van der Waals surface area contributed by atoms with Crippen molar-refractivity contribution >= 4 is 17.0 Å². The Kier molecular flexibility index (Phi) is 4.59. The molecule has 2 aromatic heterocycles. The van der Waals surface area contributed by atoms with E-state index in [4.69, 9.17) is 9.97 Å². The Hall–Kier alpha value is -3.21. The highest BCUT2D eigenvalue weighted by Crippen LogP contribution is 2.23. The van der Waals surface area contributed by atoms with E-state index in [1.807, 2.05) is 53.4 Å². The first kappa shape index (κ1) is 17.2. The van der Waals surface area contributed by atoms with Gasteiger partial charge in [-0.2, -0.15) is 4.98 Å². The van der Waals surface area contributed by atoms with E-state index in [0.29, 0.717) is 11.9 Å². The molecule has 1 N–H and O–H groups in total. The summed E-state index contributed by atoms with van der Waals surface area (Å²) in [6.07, 6.45) is 1.82. The van der Waals surface area contributed by atoms with E-state index in [1.165, 1.54) is 5.56 Å². The molecule has 0 bridgehead atoms. The number of imidazole rings is 1. The zero-order valence-corrected chi connectivity index (χ0v) is 15.8. The average Bonchev–Trinajstić information content (AvgIpc) is 3.12. The average molecular weight is 357 g/mol. The van der Waals surface area contributed by atoms with Crippen LogP contribution < -0.4 is 5.32 Å². The van der Waals surface area contributed by atoms with E-state index in [1.54, 1.807) is 0 Å². The van der Waals surface area contributed by atoms with E-state index in [9.17, 15) is 0 Å². The third kappa shape index (κ3) is 3.53. The number of hydrogen-bond acceptors (Lipinski definition) is 4. The Bertz CT molecular complexity index is 1050. The highest BCUT2D eigenvalue weighted by atomic mass is 15.2. The lowest BCUT2D eigenvalue weighted by Crippen LogP contribution is -2.12. The molecule has 0 spiro atoms. The van der Waals surface area contributed by atoms with Gasteiger partial charge in [0.1, 0.15) is 12.1 Å². The Morgan fingerprint density at radius 3 is 2.41 bits per heavy atom. The molecule has 136 valence electrons. The molecular weight excluding hydrogens is 334 g/mol. The van der Waals surface area contributed by atoms with E-state index in [0.717, 1.165) is 22.5 Å². The monoisotopic (exact) mass is 357 g/mol. The van der Waals surface area contributed by atoms with Gasteiger partial charge in [0.15, 0.2) is 0 Å². The maximum atomic E-state index is 4.77. The van der Waals surface area contributed by atoms with Crippen LogP contribution in [0.25, 0.3) is 16.9 Å². The minimum atomic E-state index is 0.112. The Morgan fingerprint density at radius 2 is 1.63 bits per heavy atom. The van der Waals surface area contributed by atoms with Crippen LogP contribution in [0.15, 0.2) is 67.0 Å². The van der Waals surface area contributed by atoms with E-state index in [2.05, 4.69) is 49.3 Å². The van der Waals surface area contributed by atoms with Gasteiger partial charge in [-0.3, -0.25) is 4.57 Å². The minimum Gasteiger partial charge on any atom is -0.348 e. The molecule has 0 saturated carbocycles. The SMILES string of the molecule is CC(C)c1cc(-n2cnc3ccccc32)nc(NC(C)c2ccccc2)n1. The summed E-state index contributed by atoms with van der Waals surface area (Å²) >= 11 is 0. The second-order valence-corrected chi connectivity index (χ2v) is 7.01. The van der Waals surface area contributed by atoms with E-state index >= 15 is 0 Å². The minimum absolute atomic E-state index is 0.112. The summed E-state index contributed by atoms with van der Waals surface area (Å²) < 4.78 is 2.02. The van der Waals surface area contributed by atoms with Gasteiger partial charge in [0.05, 0.1) is 22.8 Å². The standard InChI is InChI=1S/C22H23N5/c1-15(2)19-13-21(27-14-23-18-11-7-8-12-20(18)27)26-22(25-19)24-16(3)17-9-5-4-6-10-17/h4-16H,1-3H3,(H,24,25,26). The molecule has 0 aliphatic rings. The number of aromatic nitrogens is 4. The zero-order valence-electron chi connectivity index (χ0n) is 15.8. The summed E-state index contributed by atoms with van der Waals surface area (Å²) in [5.74, 6) is 1.75. The topological polar surface area (TPSA) is 55.6 Å². The molecule has 0 radical (unpaired) electrons. The van der Waals surface area contributed by atoms with Gasteiger partial charge in [0.2, 0.25) is 5.95 Å². The van der Waals surface area contributed by atoms with Gasteiger partial charge in [0, 0.05) is 6.07 Å². The molecule has 1 atom stereocenters. The highest BCUT2D eigenvalue weighted by molar-refractivity contribution is 5.76. The predicted octanol–water partition coefficient (Wildman–Crippen LogP) is 5.11. The fourth-order valence-corrected chi connectivity index (χ4v) is 3.10. The summed E-state index contributed by atoms with van der Waals surface area (Å²) in [5.41, 5.74) is 4.19. The first-order valence-corrected chi connectivity index (χ1v) is 9.25. The van der Waals surface area contributed by atoms with Crippen molar-refractivity contribution in [2.75, 3.05) is 5.32 Å². The lowest BCUT2D eigenvalue weighted by atomic mass is 10.1. The molecule has 0 fully saturated rings. The fourth-order valence-electron chi connectivity index (χ4n) is 3.10. The second kappa shape index (κ2) is 7.19. The molecule has 0 amide bonds. The summed E-state index contributed by atoms with van der Waals surface area (Å²) in [4.78, 5) is 14.0. The van der Waals surface area contributed by atoms with Crippen LogP contribution in [0, 0.1) is 0 Å². The van der Waals surface area contributed by atoms with Gasteiger partial charge >= 0.3 is 0 Å². The van der Waals surface area contributed by atoms with Crippen molar-refractivity contribution < 1.29 is 0 Å². The molecule has 2 aromatic carbocycles. The molecule has 2 heterocycles. The molecule has 5 heteroatoms. The van der Waals surface area contributed by atoms with Crippen LogP contribution in [0.1, 0.15) is 44.0 Å². The predicted molar refractivity (Wildman–Crippen MR) is 109 cm³/mol. The van der Waals surface area contributed by atoms with Gasteiger partial charge in [-0.15, -0.1) is 0 Å². The fraction of sp³-hybridized carbons (Fsp3) is 0.227. The van der Waals surface area contributed by atoms with Gasteiger partial charge in [0.25, 0.3) is 0 Å². The van der Waals surface area contributed by atoms with Crippen LogP contribution in [0.4, 0.5) is 5.95 Å². The van der Waals surface area contributed by atoms with Crippen molar-refractivity contribution in [1.29, 1.82) is 0 Å². The van der Waals surface area contributed by atoms with Crippen LogP contribution >= 0.6 is 0 Å². The van der Waals surface area contributed by atoms with E-state index < -0.39 is 0 Å². The van der Waals surface area contributed by atoms with Crippen LogP contribution in [0.2, 0.25) is 0 Å². The largest absolute Gasteiger partial charge is 0.348 e. The molecule has 5 nitrogen and oxygen atoms in total. The van der Waals surface area contributed by atoms with Crippen LogP contribution in [-0.2, 0) is 0 Å². The molecule has 0 aliphatic carbocycles. The van der Waals surface area contributed by atoms with Gasteiger partial charge < -0.3 is 5.32 Å².